The average Bonchev–Trinajstić information content (AvgIpc) is 2.03. The fraction of sp³-hybridized carbons (Fsp3) is 0. The molecule has 0 heterocycles. The maximum absolute atomic E-state index is 10.9. The first-order chi connectivity index (χ1) is 5.24. The van der Waals surface area contributed by atoms with Crippen LogP contribution in [-0.2, 0) is 164 Å². The van der Waals surface area contributed by atoms with Crippen molar-refractivity contribution in [2.24, 2.45) is 0 Å². The largest absolute Gasteiger partial charge is 0.508 e. The molecular formula is C9H7O2Y5-. The maximum Gasteiger partial charge on any atom is 0.114 e. The van der Waals surface area contributed by atoms with Gasteiger partial charge in [0.05, 0.1) is 0 Å². The van der Waals surface area contributed by atoms with Crippen molar-refractivity contribution in [2.75, 3.05) is 0 Å². The summed E-state index contributed by atoms with van der Waals surface area (Å²) in [4.78, 5) is 10.9. The van der Waals surface area contributed by atoms with Crippen LogP contribution in [0.3, 0.4) is 0 Å². The van der Waals surface area contributed by atoms with Crippen LogP contribution in [0.2, 0.25) is 0 Å². The number of carbonyl (C=O) groups is 1. The normalized spacial score (nSPS) is 6.25. The molecule has 1 rings (SSSR count). The van der Waals surface area contributed by atoms with E-state index in [2.05, 4.69) is 0 Å². The number of hydrogen-bond acceptors (Lipinski definition) is 2. The van der Waals surface area contributed by atoms with Gasteiger partial charge in [-0.2, -0.15) is 6.08 Å². The maximum atomic E-state index is 10.9. The van der Waals surface area contributed by atoms with Crippen LogP contribution in [0.25, 0.3) is 0 Å². The van der Waals surface area contributed by atoms with Gasteiger partial charge in [0.2, 0.25) is 0 Å². The second-order valence-corrected chi connectivity index (χ2v) is 2.08. The first kappa shape index (κ1) is 32.1. The number of benzene rings is 1. The number of aromatic hydroxyl groups is 1. The van der Waals surface area contributed by atoms with E-state index in [1.54, 1.807) is 12.1 Å². The fourth-order valence-corrected chi connectivity index (χ4v) is 0.755. The average molecular weight is 592 g/mol. The van der Waals surface area contributed by atoms with Gasteiger partial charge in [-0.25, -0.2) is 0 Å². The molecule has 0 aliphatic carbocycles. The Morgan fingerprint density at radius 2 is 1.62 bits per heavy atom. The van der Waals surface area contributed by atoms with Gasteiger partial charge in [-0.1, -0.05) is 17.7 Å². The van der Waals surface area contributed by atoms with E-state index in [4.69, 9.17) is 11.7 Å². The summed E-state index contributed by atoms with van der Waals surface area (Å²) < 4.78 is 0. The molecular weight excluding hydrogens is 585 g/mol. The minimum Gasteiger partial charge on any atom is -0.508 e. The molecule has 0 amide bonds. The quantitative estimate of drug-likeness (QED) is 0.322. The smallest absolute Gasteiger partial charge is 0.114 e. The molecule has 0 atom stereocenters. The molecule has 0 unspecified atom stereocenters. The molecule has 1 N–H and O–H groups in total. The van der Waals surface area contributed by atoms with E-state index in [1.165, 1.54) is 12.1 Å². The van der Waals surface area contributed by atoms with Crippen molar-refractivity contribution in [2.45, 2.75) is 0 Å². The van der Waals surface area contributed by atoms with Gasteiger partial charge < -0.3 is 9.90 Å². The number of allylic oxidation sites excluding steroid dienone is 1. The van der Waals surface area contributed by atoms with Crippen molar-refractivity contribution in [3.8, 4) is 5.75 Å². The molecule has 0 bridgehead atoms. The Labute approximate surface area is 222 Å². The summed E-state index contributed by atoms with van der Waals surface area (Å²) in [5, 5.41) is 8.95. The van der Waals surface area contributed by atoms with E-state index >= 15 is 0 Å². The summed E-state index contributed by atoms with van der Waals surface area (Å²) in [6, 6.07) is 6.04. The predicted molar refractivity (Wildman–Crippen MR) is 41.3 cm³/mol. The summed E-state index contributed by atoms with van der Waals surface area (Å²) in [5.74, 6) is -0.224. The Bertz CT molecular complexity index is 304. The molecule has 0 spiro atoms. The van der Waals surface area contributed by atoms with Crippen LogP contribution in [-0.4, -0.2) is 10.9 Å². The van der Waals surface area contributed by atoms with Crippen molar-refractivity contribution in [1.82, 2.24) is 0 Å². The zero-order valence-corrected chi connectivity index (χ0v) is 22.9. The molecule has 0 saturated heterocycles. The van der Waals surface area contributed by atoms with Crippen LogP contribution in [0.1, 0.15) is 10.4 Å². The van der Waals surface area contributed by atoms with E-state index in [0.29, 0.717) is 5.56 Å². The van der Waals surface area contributed by atoms with Crippen LogP contribution in [0.4, 0.5) is 0 Å². The van der Waals surface area contributed by atoms with E-state index in [0.717, 1.165) is 6.08 Å². The number of carbonyl (C=O) groups excluding carboxylic acids is 1. The summed E-state index contributed by atoms with van der Waals surface area (Å²) in [6.45, 7) is 5.00. The molecule has 71 valence electrons. The molecule has 0 aliphatic rings. The summed E-state index contributed by atoms with van der Waals surface area (Å²) in [5.41, 5.74) is 0.396. The molecule has 0 saturated carbocycles. The Kier molecular flexibility index (Phi) is 38.0. The van der Waals surface area contributed by atoms with E-state index < -0.39 is 0 Å². The number of rotatable bonds is 2. The first-order valence-corrected chi connectivity index (χ1v) is 3.12. The SMILES string of the molecule is [CH-]=CC(=O)c1cccc(O)c1.[Y].[Y].[Y].[Y].[Y]. The molecule has 16 heavy (non-hydrogen) atoms. The van der Waals surface area contributed by atoms with Crippen LogP contribution < -0.4 is 0 Å². The number of phenolic OH excluding ortho intramolecular Hbond substituents is 1. The summed E-state index contributed by atoms with van der Waals surface area (Å²) >= 11 is 0. The van der Waals surface area contributed by atoms with Gasteiger partial charge in [0.25, 0.3) is 0 Å². The van der Waals surface area contributed by atoms with Crippen LogP contribution in [0.15, 0.2) is 30.3 Å². The zero-order valence-electron chi connectivity index (χ0n) is 8.71. The summed E-state index contributed by atoms with van der Waals surface area (Å²) in [6.07, 6.45) is 0.967. The van der Waals surface area contributed by atoms with Gasteiger partial charge in [-0.3, -0.25) is 6.58 Å². The molecule has 0 aromatic heterocycles. The van der Waals surface area contributed by atoms with Crippen LogP contribution in [0, 0.1) is 6.58 Å². The van der Waals surface area contributed by atoms with Gasteiger partial charge in [0.1, 0.15) is 5.75 Å². The van der Waals surface area contributed by atoms with E-state index in [-0.39, 0.29) is 175 Å². The van der Waals surface area contributed by atoms with Crippen LogP contribution >= 0.6 is 0 Å². The third-order valence-corrected chi connectivity index (χ3v) is 1.28. The molecule has 7 heteroatoms. The Hall–Kier alpha value is 3.95. The predicted octanol–water partition coefficient (Wildman–Crippen LogP) is 1.55. The fourth-order valence-electron chi connectivity index (χ4n) is 0.755. The Morgan fingerprint density at radius 1 is 1.12 bits per heavy atom. The van der Waals surface area contributed by atoms with Crippen molar-refractivity contribution >= 4 is 5.78 Å². The van der Waals surface area contributed by atoms with E-state index in [9.17, 15) is 4.79 Å². The minimum absolute atomic E-state index is 0. The van der Waals surface area contributed by atoms with Gasteiger partial charge in [-0.15, -0.1) is 0 Å². The molecule has 2 nitrogen and oxygen atoms in total. The minimum atomic E-state index is -0.291. The van der Waals surface area contributed by atoms with Gasteiger partial charge in [0, 0.05) is 169 Å². The van der Waals surface area contributed by atoms with Crippen molar-refractivity contribution < 1.29 is 173 Å². The van der Waals surface area contributed by atoms with Gasteiger partial charge >= 0.3 is 0 Å². The summed E-state index contributed by atoms with van der Waals surface area (Å²) in [7, 11) is 0. The second kappa shape index (κ2) is 18.9. The topological polar surface area (TPSA) is 37.3 Å². The van der Waals surface area contributed by atoms with Crippen molar-refractivity contribution in [3.63, 3.8) is 0 Å². The first-order valence-electron chi connectivity index (χ1n) is 3.12. The van der Waals surface area contributed by atoms with E-state index in [1.807, 2.05) is 0 Å². The molecule has 5 radical (unpaired) electrons. The molecule has 0 aliphatic heterocycles. The monoisotopic (exact) mass is 592 g/mol. The second-order valence-electron chi connectivity index (χ2n) is 2.08. The standard InChI is InChI=1S/C9H7O2.5Y/c1-2-9(11)7-4-3-5-8(10)6-7;;;;;/h1-6,10H;;;;;/q-1;;;;;. The zero-order chi connectivity index (χ0) is 8.27. The third kappa shape index (κ3) is 13.0. The van der Waals surface area contributed by atoms with Gasteiger partial charge in [0.15, 0.2) is 0 Å². The third-order valence-electron chi connectivity index (χ3n) is 1.28. The molecule has 1 aromatic rings. The van der Waals surface area contributed by atoms with Crippen LogP contribution in [0.5, 0.6) is 5.75 Å². The number of ketones is 1. The number of phenols is 1. The number of hydrogen-bond donors (Lipinski definition) is 1. The van der Waals surface area contributed by atoms with Crippen molar-refractivity contribution in [3.05, 3.63) is 42.5 Å². The molecule has 1 aromatic carbocycles. The Balaban J connectivity index is -0.0000000807. The van der Waals surface area contributed by atoms with Gasteiger partial charge in [-0.05, 0) is 12.1 Å². The molecule has 0 fully saturated rings. The Morgan fingerprint density at radius 3 is 2.00 bits per heavy atom. The van der Waals surface area contributed by atoms with Crippen molar-refractivity contribution in [1.29, 1.82) is 0 Å².